The molecule has 0 saturated heterocycles. The molecule has 0 aromatic rings. The van der Waals surface area contributed by atoms with Gasteiger partial charge in [0.05, 0.1) is 0 Å². The van der Waals surface area contributed by atoms with Crippen molar-refractivity contribution in [3.8, 4) is 0 Å². The molecule has 0 aromatic heterocycles. The van der Waals surface area contributed by atoms with Gasteiger partial charge >= 0.3 is 0 Å². The van der Waals surface area contributed by atoms with Crippen LogP contribution in [-0.4, -0.2) is 31.1 Å². The standard InChI is InChI=1S/C12H24N2/c1-14(8-10-4-2-3-5-10)9-11-6-12(13)7-11/h10-12H,2-9,13H2,1H3. The minimum absolute atomic E-state index is 0.514. The molecule has 2 rings (SSSR count). The summed E-state index contributed by atoms with van der Waals surface area (Å²) in [5.41, 5.74) is 5.79. The predicted molar refractivity (Wildman–Crippen MR) is 60.2 cm³/mol. The average Bonchev–Trinajstić information content (AvgIpc) is 2.54. The first-order valence-electron chi connectivity index (χ1n) is 6.18. The first kappa shape index (κ1) is 10.4. The summed E-state index contributed by atoms with van der Waals surface area (Å²) in [6, 6.07) is 0.514. The minimum atomic E-state index is 0.514. The van der Waals surface area contributed by atoms with Gasteiger partial charge in [0.25, 0.3) is 0 Å². The molecule has 2 nitrogen and oxygen atoms in total. The van der Waals surface area contributed by atoms with Gasteiger partial charge in [0, 0.05) is 19.1 Å². The molecular weight excluding hydrogens is 172 g/mol. The normalized spacial score (nSPS) is 33.6. The molecule has 2 N–H and O–H groups in total. The van der Waals surface area contributed by atoms with Crippen molar-refractivity contribution in [2.75, 3.05) is 20.1 Å². The molecule has 2 aliphatic rings. The zero-order chi connectivity index (χ0) is 9.97. The molecule has 0 spiro atoms. The molecule has 2 heteroatoms. The van der Waals surface area contributed by atoms with Crippen LogP contribution >= 0.6 is 0 Å². The molecule has 0 aromatic carbocycles. The topological polar surface area (TPSA) is 29.3 Å². The maximum atomic E-state index is 5.79. The summed E-state index contributed by atoms with van der Waals surface area (Å²) in [5, 5.41) is 0. The fourth-order valence-corrected chi connectivity index (χ4v) is 3.09. The Morgan fingerprint density at radius 3 is 2.21 bits per heavy atom. The van der Waals surface area contributed by atoms with E-state index in [1.54, 1.807) is 0 Å². The molecule has 2 aliphatic carbocycles. The van der Waals surface area contributed by atoms with E-state index in [9.17, 15) is 0 Å². The predicted octanol–water partition coefficient (Wildman–Crippen LogP) is 1.85. The van der Waals surface area contributed by atoms with Crippen LogP contribution in [0, 0.1) is 11.8 Å². The summed E-state index contributed by atoms with van der Waals surface area (Å²) < 4.78 is 0. The molecule has 0 aliphatic heterocycles. The van der Waals surface area contributed by atoms with Crippen LogP contribution < -0.4 is 5.73 Å². The van der Waals surface area contributed by atoms with E-state index in [0.29, 0.717) is 6.04 Å². The van der Waals surface area contributed by atoms with Gasteiger partial charge in [-0.3, -0.25) is 0 Å². The van der Waals surface area contributed by atoms with E-state index >= 15 is 0 Å². The average molecular weight is 196 g/mol. The number of rotatable bonds is 4. The van der Waals surface area contributed by atoms with Gasteiger partial charge in [-0.1, -0.05) is 12.8 Å². The van der Waals surface area contributed by atoms with E-state index < -0.39 is 0 Å². The van der Waals surface area contributed by atoms with E-state index in [0.717, 1.165) is 11.8 Å². The summed E-state index contributed by atoms with van der Waals surface area (Å²) in [5.74, 6) is 1.89. The molecule has 0 bridgehead atoms. The molecule has 0 radical (unpaired) electrons. The van der Waals surface area contributed by atoms with E-state index in [4.69, 9.17) is 5.73 Å². The highest BCUT2D eigenvalue weighted by atomic mass is 15.1. The lowest BCUT2D eigenvalue weighted by atomic mass is 9.80. The Labute approximate surface area is 87.8 Å². The van der Waals surface area contributed by atoms with Crippen molar-refractivity contribution in [3.63, 3.8) is 0 Å². The smallest absolute Gasteiger partial charge is 0.00450 e. The summed E-state index contributed by atoms with van der Waals surface area (Å²) in [6.07, 6.45) is 8.38. The highest BCUT2D eigenvalue weighted by Gasteiger charge is 2.27. The summed E-state index contributed by atoms with van der Waals surface area (Å²) in [7, 11) is 2.28. The number of hydrogen-bond acceptors (Lipinski definition) is 2. The van der Waals surface area contributed by atoms with Crippen molar-refractivity contribution < 1.29 is 0 Å². The van der Waals surface area contributed by atoms with E-state index in [2.05, 4.69) is 11.9 Å². The summed E-state index contributed by atoms with van der Waals surface area (Å²) in [6.45, 7) is 2.61. The quantitative estimate of drug-likeness (QED) is 0.743. The maximum absolute atomic E-state index is 5.79. The zero-order valence-electron chi connectivity index (χ0n) is 9.41. The van der Waals surface area contributed by atoms with Crippen LogP contribution in [0.4, 0.5) is 0 Å². The second kappa shape index (κ2) is 4.63. The first-order valence-corrected chi connectivity index (χ1v) is 6.18. The second-order valence-electron chi connectivity index (χ2n) is 5.47. The van der Waals surface area contributed by atoms with Gasteiger partial charge in [-0.2, -0.15) is 0 Å². The van der Waals surface area contributed by atoms with Crippen molar-refractivity contribution in [2.24, 2.45) is 17.6 Å². The maximum Gasteiger partial charge on any atom is 0.00450 e. The lowest BCUT2D eigenvalue weighted by Gasteiger charge is -2.36. The molecule has 2 fully saturated rings. The number of hydrogen-bond donors (Lipinski definition) is 1. The molecule has 0 amide bonds. The van der Waals surface area contributed by atoms with E-state index in [1.165, 1.54) is 51.6 Å². The van der Waals surface area contributed by atoms with Crippen molar-refractivity contribution in [1.82, 2.24) is 4.90 Å². The Morgan fingerprint density at radius 2 is 1.64 bits per heavy atom. The van der Waals surface area contributed by atoms with Crippen LogP contribution in [0.25, 0.3) is 0 Å². The fourth-order valence-electron chi connectivity index (χ4n) is 3.09. The number of nitrogens with zero attached hydrogens (tertiary/aromatic N) is 1. The minimum Gasteiger partial charge on any atom is -0.328 e. The highest BCUT2D eigenvalue weighted by molar-refractivity contribution is 4.84. The molecule has 0 unspecified atom stereocenters. The summed E-state index contributed by atoms with van der Waals surface area (Å²) in [4.78, 5) is 2.53. The van der Waals surface area contributed by atoms with Crippen LogP contribution in [0.2, 0.25) is 0 Å². The lowest BCUT2D eigenvalue weighted by Crippen LogP contribution is -2.42. The monoisotopic (exact) mass is 196 g/mol. The van der Waals surface area contributed by atoms with Crippen LogP contribution in [0.15, 0.2) is 0 Å². The second-order valence-corrected chi connectivity index (χ2v) is 5.47. The van der Waals surface area contributed by atoms with Gasteiger partial charge in [0.15, 0.2) is 0 Å². The Morgan fingerprint density at radius 1 is 1.07 bits per heavy atom. The van der Waals surface area contributed by atoms with Gasteiger partial charge in [0.1, 0.15) is 0 Å². The molecule has 0 atom stereocenters. The number of nitrogens with two attached hydrogens (primary N) is 1. The zero-order valence-corrected chi connectivity index (χ0v) is 9.41. The van der Waals surface area contributed by atoms with Crippen LogP contribution in [0.3, 0.4) is 0 Å². The third-order valence-electron chi connectivity index (χ3n) is 3.89. The van der Waals surface area contributed by atoms with Crippen molar-refractivity contribution in [2.45, 2.75) is 44.6 Å². The summed E-state index contributed by atoms with van der Waals surface area (Å²) >= 11 is 0. The van der Waals surface area contributed by atoms with Crippen LogP contribution in [-0.2, 0) is 0 Å². The van der Waals surface area contributed by atoms with Crippen molar-refractivity contribution in [1.29, 1.82) is 0 Å². The van der Waals surface area contributed by atoms with Gasteiger partial charge in [-0.25, -0.2) is 0 Å². The van der Waals surface area contributed by atoms with Gasteiger partial charge in [-0.05, 0) is 44.6 Å². The van der Waals surface area contributed by atoms with E-state index in [1.807, 2.05) is 0 Å². The van der Waals surface area contributed by atoms with E-state index in [-0.39, 0.29) is 0 Å². The molecule has 2 saturated carbocycles. The first-order chi connectivity index (χ1) is 6.74. The lowest BCUT2D eigenvalue weighted by molar-refractivity contribution is 0.167. The largest absolute Gasteiger partial charge is 0.328 e. The van der Waals surface area contributed by atoms with Crippen LogP contribution in [0.1, 0.15) is 38.5 Å². The van der Waals surface area contributed by atoms with Gasteiger partial charge in [-0.15, -0.1) is 0 Å². The molecule has 0 heterocycles. The Balaban J connectivity index is 1.60. The third kappa shape index (κ3) is 2.71. The molecule has 14 heavy (non-hydrogen) atoms. The SMILES string of the molecule is CN(CC1CCCC1)CC1CC(N)C1. The van der Waals surface area contributed by atoms with Gasteiger partial charge in [0.2, 0.25) is 0 Å². The van der Waals surface area contributed by atoms with Crippen molar-refractivity contribution >= 4 is 0 Å². The van der Waals surface area contributed by atoms with Gasteiger partial charge < -0.3 is 10.6 Å². The third-order valence-corrected chi connectivity index (χ3v) is 3.89. The Kier molecular flexibility index (Phi) is 3.45. The Bertz CT molecular complexity index is 169. The Hall–Kier alpha value is -0.0800. The molecule has 82 valence electrons. The van der Waals surface area contributed by atoms with Crippen LogP contribution in [0.5, 0.6) is 0 Å². The van der Waals surface area contributed by atoms with Crippen molar-refractivity contribution in [3.05, 3.63) is 0 Å². The fraction of sp³-hybridized carbons (Fsp3) is 1.00. The highest BCUT2D eigenvalue weighted by Crippen LogP contribution is 2.28. The molecular formula is C12H24N2.